The maximum Gasteiger partial charge on any atom is 0.172 e. The molecule has 0 radical (unpaired) electrons. The molecule has 1 heterocycles. The highest BCUT2D eigenvalue weighted by atomic mass is 79.9. The van der Waals surface area contributed by atoms with Crippen molar-refractivity contribution in [3.05, 3.63) is 22.2 Å². The van der Waals surface area contributed by atoms with E-state index in [0.29, 0.717) is 16.1 Å². The van der Waals surface area contributed by atoms with Crippen molar-refractivity contribution in [2.45, 2.75) is 13.0 Å². The van der Waals surface area contributed by atoms with Crippen LogP contribution in [-0.4, -0.2) is 32.0 Å². The Kier molecular flexibility index (Phi) is 4.86. The van der Waals surface area contributed by atoms with E-state index in [1.165, 1.54) is 0 Å². The minimum Gasteiger partial charge on any atom is -0.503 e. The summed E-state index contributed by atoms with van der Waals surface area (Å²) >= 11 is 3.32. The van der Waals surface area contributed by atoms with Crippen LogP contribution in [0.2, 0.25) is 0 Å². The molecule has 0 saturated carbocycles. The van der Waals surface area contributed by atoms with Crippen molar-refractivity contribution in [1.82, 2.24) is 5.32 Å². The fraction of sp³-hybridized carbons (Fsp3) is 0.538. The van der Waals surface area contributed by atoms with Gasteiger partial charge in [-0.15, -0.1) is 0 Å². The molecule has 18 heavy (non-hydrogen) atoms. The first kappa shape index (κ1) is 13.6. The summed E-state index contributed by atoms with van der Waals surface area (Å²) in [6, 6.07) is 3.74. The fourth-order valence-electron chi connectivity index (χ4n) is 2.05. The zero-order chi connectivity index (χ0) is 13.0. The van der Waals surface area contributed by atoms with E-state index in [2.05, 4.69) is 21.2 Å². The van der Waals surface area contributed by atoms with Crippen LogP contribution in [0.4, 0.5) is 0 Å². The molecule has 4 nitrogen and oxygen atoms in total. The predicted octanol–water partition coefficient (Wildman–Crippen LogP) is 2.29. The third-order valence-corrected chi connectivity index (χ3v) is 3.70. The fourth-order valence-corrected chi connectivity index (χ4v) is 2.54. The van der Waals surface area contributed by atoms with E-state index in [0.717, 1.165) is 38.3 Å². The molecule has 1 saturated heterocycles. The summed E-state index contributed by atoms with van der Waals surface area (Å²) in [7, 11) is 1.55. The van der Waals surface area contributed by atoms with Crippen LogP contribution in [0, 0.1) is 5.92 Å². The van der Waals surface area contributed by atoms with E-state index in [1.807, 2.05) is 12.1 Å². The Hall–Kier alpha value is -0.780. The van der Waals surface area contributed by atoms with Gasteiger partial charge in [-0.05, 0) is 46.0 Å². The molecule has 0 amide bonds. The number of benzene rings is 1. The number of phenolic OH excluding ortho intramolecular Hbond substituents is 1. The second-order valence-electron chi connectivity index (χ2n) is 4.49. The highest BCUT2D eigenvalue weighted by molar-refractivity contribution is 9.10. The molecule has 0 aromatic heterocycles. The molecule has 1 aromatic carbocycles. The normalized spacial score (nSPS) is 19.1. The lowest BCUT2D eigenvalue weighted by Gasteiger charge is -2.12. The van der Waals surface area contributed by atoms with Gasteiger partial charge in [0.2, 0.25) is 0 Å². The summed E-state index contributed by atoms with van der Waals surface area (Å²) in [6.45, 7) is 3.45. The first-order valence-electron chi connectivity index (χ1n) is 6.04. The second kappa shape index (κ2) is 6.41. The smallest absolute Gasteiger partial charge is 0.172 e. The summed E-state index contributed by atoms with van der Waals surface area (Å²) < 4.78 is 11.1. The van der Waals surface area contributed by atoms with Gasteiger partial charge < -0.3 is 19.9 Å². The van der Waals surface area contributed by atoms with Gasteiger partial charge in [0.05, 0.1) is 18.2 Å². The van der Waals surface area contributed by atoms with Gasteiger partial charge in [-0.2, -0.15) is 0 Å². The Labute approximate surface area is 115 Å². The second-order valence-corrected chi connectivity index (χ2v) is 5.34. The van der Waals surface area contributed by atoms with Gasteiger partial charge in [0.15, 0.2) is 11.5 Å². The number of ether oxygens (including phenoxy) is 2. The van der Waals surface area contributed by atoms with Gasteiger partial charge in [-0.25, -0.2) is 0 Å². The average molecular weight is 316 g/mol. The Bertz CT molecular complexity index is 405. The summed E-state index contributed by atoms with van der Waals surface area (Å²) in [6.07, 6.45) is 1.13. The van der Waals surface area contributed by atoms with Crippen molar-refractivity contribution in [1.29, 1.82) is 0 Å². The zero-order valence-corrected chi connectivity index (χ0v) is 12.0. The van der Waals surface area contributed by atoms with E-state index in [4.69, 9.17) is 9.47 Å². The quantitative estimate of drug-likeness (QED) is 0.875. The van der Waals surface area contributed by atoms with E-state index in [9.17, 15) is 5.11 Å². The van der Waals surface area contributed by atoms with Gasteiger partial charge in [-0.3, -0.25) is 0 Å². The average Bonchev–Trinajstić information content (AvgIpc) is 2.86. The summed E-state index contributed by atoms with van der Waals surface area (Å²) in [5.41, 5.74) is 1.08. The van der Waals surface area contributed by atoms with Crippen molar-refractivity contribution in [3.8, 4) is 11.5 Å². The zero-order valence-electron chi connectivity index (χ0n) is 10.4. The number of rotatable bonds is 5. The number of halogens is 1. The molecule has 0 spiro atoms. The van der Waals surface area contributed by atoms with Gasteiger partial charge in [0.1, 0.15) is 0 Å². The van der Waals surface area contributed by atoms with Crippen LogP contribution in [0.3, 0.4) is 0 Å². The molecule has 1 unspecified atom stereocenters. The van der Waals surface area contributed by atoms with Crippen LogP contribution in [-0.2, 0) is 11.3 Å². The lowest BCUT2D eigenvalue weighted by molar-refractivity contribution is 0.185. The largest absolute Gasteiger partial charge is 0.503 e. The minimum absolute atomic E-state index is 0.144. The molecular weight excluding hydrogens is 298 g/mol. The van der Waals surface area contributed by atoms with Gasteiger partial charge in [-0.1, -0.05) is 0 Å². The van der Waals surface area contributed by atoms with Crippen molar-refractivity contribution in [2.24, 2.45) is 5.92 Å². The van der Waals surface area contributed by atoms with Crippen LogP contribution < -0.4 is 10.1 Å². The lowest BCUT2D eigenvalue weighted by Crippen LogP contribution is -2.22. The van der Waals surface area contributed by atoms with Crippen LogP contribution in [0.5, 0.6) is 11.5 Å². The molecule has 1 aromatic rings. The van der Waals surface area contributed by atoms with E-state index in [-0.39, 0.29) is 5.75 Å². The molecule has 2 N–H and O–H groups in total. The first-order valence-corrected chi connectivity index (χ1v) is 6.84. The maximum absolute atomic E-state index is 9.71. The highest BCUT2D eigenvalue weighted by Gasteiger charge is 2.15. The topological polar surface area (TPSA) is 50.7 Å². The van der Waals surface area contributed by atoms with Gasteiger partial charge in [0, 0.05) is 19.7 Å². The van der Waals surface area contributed by atoms with Gasteiger partial charge >= 0.3 is 0 Å². The van der Waals surface area contributed by atoms with Crippen LogP contribution in [0.15, 0.2) is 16.6 Å². The van der Waals surface area contributed by atoms with E-state index < -0.39 is 0 Å². The standard InChI is InChI=1S/C13H18BrNO3/c1-17-12-5-10(4-11(14)13(12)16)7-15-6-9-2-3-18-8-9/h4-5,9,15-16H,2-3,6-8H2,1H3. The van der Waals surface area contributed by atoms with E-state index >= 15 is 0 Å². The van der Waals surface area contributed by atoms with Crippen LogP contribution in [0.1, 0.15) is 12.0 Å². The van der Waals surface area contributed by atoms with Crippen molar-refractivity contribution in [2.75, 3.05) is 26.9 Å². The number of hydrogen-bond acceptors (Lipinski definition) is 4. The Morgan fingerprint density at radius 2 is 2.39 bits per heavy atom. The Morgan fingerprint density at radius 3 is 3.06 bits per heavy atom. The third kappa shape index (κ3) is 3.37. The van der Waals surface area contributed by atoms with Crippen LogP contribution >= 0.6 is 15.9 Å². The number of nitrogens with one attached hydrogen (secondary N) is 1. The third-order valence-electron chi connectivity index (χ3n) is 3.09. The maximum atomic E-state index is 9.71. The lowest BCUT2D eigenvalue weighted by atomic mass is 10.1. The molecule has 5 heteroatoms. The number of methoxy groups -OCH3 is 1. The monoisotopic (exact) mass is 315 g/mol. The van der Waals surface area contributed by atoms with Crippen LogP contribution in [0.25, 0.3) is 0 Å². The van der Waals surface area contributed by atoms with Crippen molar-refractivity contribution in [3.63, 3.8) is 0 Å². The molecule has 2 rings (SSSR count). The Balaban J connectivity index is 1.90. The Morgan fingerprint density at radius 1 is 1.56 bits per heavy atom. The number of aromatic hydroxyl groups is 1. The molecule has 0 bridgehead atoms. The van der Waals surface area contributed by atoms with Gasteiger partial charge in [0.25, 0.3) is 0 Å². The van der Waals surface area contributed by atoms with Crippen molar-refractivity contribution < 1.29 is 14.6 Å². The molecular formula is C13H18BrNO3. The number of hydrogen-bond donors (Lipinski definition) is 2. The number of phenols is 1. The molecule has 1 aliphatic heterocycles. The summed E-state index contributed by atoms with van der Waals surface area (Å²) in [4.78, 5) is 0. The summed E-state index contributed by atoms with van der Waals surface area (Å²) in [5, 5.41) is 13.1. The molecule has 0 aliphatic carbocycles. The van der Waals surface area contributed by atoms with E-state index in [1.54, 1.807) is 7.11 Å². The van der Waals surface area contributed by atoms with Crippen molar-refractivity contribution >= 4 is 15.9 Å². The predicted molar refractivity (Wildman–Crippen MR) is 73.0 cm³/mol. The molecule has 100 valence electrons. The first-order chi connectivity index (χ1) is 8.70. The molecule has 1 fully saturated rings. The molecule has 1 atom stereocenters. The summed E-state index contributed by atoms with van der Waals surface area (Å²) in [5.74, 6) is 1.25. The SMILES string of the molecule is COc1cc(CNCC2CCOC2)cc(Br)c1O. The minimum atomic E-state index is 0.144. The highest BCUT2D eigenvalue weighted by Crippen LogP contribution is 2.35. The molecule has 1 aliphatic rings.